The second-order valence-electron chi connectivity index (χ2n) is 2.12. The summed E-state index contributed by atoms with van der Waals surface area (Å²) >= 11 is 1.44. The van der Waals surface area contributed by atoms with Crippen LogP contribution in [0.1, 0.15) is 18.7 Å². The van der Waals surface area contributed by atoms with E-state index in [9.17, 15) is 4.39 Å². The van der Waals surface area contributed by atoms with E-state index in [0.717, 1.165) is 0 Å². The fraction of sp³-hybridized carbons (Fsp3) is 0.429. The van der Waals surface area contributed by atoms with Gasteiger partial charge in [0, 0.05) is 18.0 Å². The number of aromatic nitrogens is 2. The van der Waals surface area contributed by atoms with E-state index < -0.39 is 6.17 Å². The Kier molecular flexibility index (Phi) is 2.82. The summed E-state index contributed by atoms with van der Waals surface area (Å²) in [4.78, 5) is 7.86. The van der Waals surface area contributed by atoms with Crippen molar-refractivity contribution in [3.8, 4) is 0 Å². The molecule has 1 rings (SSSR count). The van der Waals surface area contributed by atoms with E-state index in [-0.39, 0.29) is 0 Å². The predicted octanol–water partition coefficient (Wildman–Crippen LogP) is 2.23. The molecule has 60 valence electrons. The molecule has 11 heavy (non-hydrogen) atoms. The molecule has 0 aliphatic heterocycles. The Labute approximate surface area is 69.3 Å². The van der Waals surface area contributed by atoms with Crippen LogP contribution in [0.4, 0.5) is 4.39 Å². The minimum absolute atomic E-state index is 0.530. The summed E-state index contributed by atoms with van der Waals surface area (Å²) in [6.07, 6.45) is 3.94. The number of nitrogens with zero attached hydrogens (tertiary/aromatic N) is 2. The van der Waals surface area contributed by atoms with Gasteiger partial charge in [-0.2, -0.15) is 0 Å². The van der Waals surface area contributed by atoms with E-state index in [1.54, 1.807) is 0 Å². The molecule has 0 amide bonds. The van der Waals surface area contributed by atoms with Gasteiger partial charge in [-0.3, -0.25) is 0 Å². The summed E-state index contributed by atoms with van der Waals surface area (Å²) < 4.78 is 12.6. The molecule has 1 aromatic heterocycles. The number of thioether (sulfide) groups is 1. The highest BCUT2D eigenvalue weighted by Gasteiger charge is 2.02. The third-order valence-electron chi connectivity index (χ3n) is 1.29. The zero-order valence-electron chi connectivity index (χ0n) is 6.41. The van der Waals surface area contributed by atoms with Crippen LogP contribution in [0.25, 0.3) is 0 Å². The standard InChI is InChI=1S/C7H9FN2S/c1-5(8)6-3-9-7(11-2)10-4-6/h3-5H,1-2H3/t5-/m0/s1. The summed E-state index contributed by atoms with van der Waals surface area (Å²) in [5.74, 6) is 0. The Morgan fingerprint density at radius 3 is 2.36 bits per heavy atom. The average Bonchev–Trinajstić information content (AvgIpc) is 2.05. The molecule has 1 heterocycles. The third kappa shape index (κ3) is 2.15. The zero-order chi connectivity index (χ0) is 8.27. The van der Waals surface area contributed by atoms with E-state index in [0.29, 0.717) is 10.7 Å². The maximum Gasteiger partial charge on any atom is 0.187 e. The molecule has 0 radical (unpaired) electrons. The van der Waals surface area contributed by atoms with Crippen molar-refractivity contribution in [3.05, 3.63) is 18.0 Å². The van der Waals surface area contributed by atoms with Crippen LogP contribution in [-0.4, -0.2) is 16.2 Å². The van der Waals surface area contributed by atoms with Crippen molar-refractivity contribution in [2.75, 3.05) is 6.26 Å². The van der Waals surface area contributed by atoms with E-state index in [1.807, 2.05) is 6.26 Å². The van der Waals surface area contributed by atoms with Crippen molar-refractivity contribution >= 4 is 11.8 Å². The van der Waals surface area contributed by atoms with Gasteiger partial charge in [-0.1, -0.05) is 11.8 Å². The monoisotopic (exact) mass is 172 g/mol. The Hall–Kier alpha value is -0.640. The molecule has 1 atom stereocenters. The molecule has 0 aliphatic carbocycles. The van der Waals surface area contributed by atoms with Crippen LogP contribution in [0.5, 0.6) is 0 Å². The van der Waals surface area contributed by atoms with Gasteiger partial charge < -0.3 is 0 Å². The minimum Gasteiger partial charge on any atom is -0.242 e. The molecule has 1 aromatic rings. The molecule has 0 N–H and O–H groups in total. The normalized spacial score (nSPS) is 13.0. The quantitative estimate of drug-likeness (QED) is 0.505. The number of alkyl halides is 1. The third-order valence-corrected chi connectivity index (χ3v) is 1.87. The maximum absolute atomic E-state index is 12.6. The van der Waals surface area contributed by atoms with E-state index in [4.69, 9.17) is 0 Å². The van der Waals surface area contributed by atoms with Crippen molar-refractivity contribution in [1.29, 1.82) is 0 Å². The van der Waals surface area contributed by atoms with Crippen LogP contribution in [0.2, 0.25) is 0 Å². The summed E-state index contributed by atoms with van der Waals surface area (Å²) in [5, 5.41) is 0.675. The Balaban J connectivity index is 2.83. The summed E-state index contributed by atoms with van der Waals surface area (Å²) in [6.45, 7) is 1.47. The Morgan fingerprint density at radius 1 is 1.45 bits per heavy atom. The molecule has 0 saturated carbocycles. The van der Waals surface area contributed by atoms with Crippen LogP contribution in [0, 0.1) is 0 Å². The Morgan fingerprint density at radius 2 is 2.00 bits per heavy atom. The van der Waals surface area contributed by atoms with Gasteiger partial charge in [0.25, 0.3) is 0 Å². The summed E-state index contributed by atoms with van der Waals surface area (Å²) in [6, 6.07) is 0. The highest BCUT2D eigenvalue weighted by atomic mass is 32.2. The molecule has 0 bridgehead atoms. The van der Waals surface area contributed by atoms with Crippen LogP contribution >= 0.6 is 11.8 Å². The molecule has 0 unspecified atom stereocenters. The number of rotatable bonds is 2. The van der Waals surface area contributed by atoms with Crippen molar-refractivity contribution in [2.24, 2.45) is 0 Å². The van der Waals surface area contributed by atoms with Crippen molar-refractivity contribution in [2.45, 2.75) is 18.3 Å². The highest BCUT2D eigenvalue weighted by Crippen LogP contribution is 2.15. The van der Waals surface area contributed by atoms with E-state index in [2.05, 4.69) is 9.97 Å². The van der Waals surface area contributed by atoms with Crippen molar-refractivity contribution in [3.63, 3.8) is 0 Å². The Bertz CT molecular complexity index is 222. The largest absolute Gasteiger partial charge is 0.242 e. The predicted molar refractivity (Wildman–Crippen MR) is 43.3 cm³/mol. The van der Waals surface area contributed by atoms with E-state index >= 15 is 0 Å². The lowest BCUT2D eigenvalue weighted by Crippen LogP contribution is -1.91. The smallest absolute Gasteiger partial charge is 0.187 e. The molecule has 0 saturated heterocycles. The van der Waals surface area contributed by atoms with E-state index in [1.165, 1.54) is 31.1 Å². The van der Waals surface area contributed by atoms with Crippen molar-refractivity contribution < 1.29 is 4.39 Å². The lowest BCUT2D eigenvalue weighted by molar-refractivity contribution is 0.371. The van der Waals surface area contributed by atoms with Crippen molar-refractivity contribution in [1.82, 2.24) is 9.97 Å². The first-order valence-electron chi connectivity index (χ1n) is 3.24. The second kappa shape index (κ2) is 3.67. The zero-order valence-corrected chi connectivity index (χ0v) is 7.23. The average molecular weight is 172 g/mol. The molecule has 2 nitrogen and oxygen atoms in total. The van der Waals surface area contributed by atoms with Gasteiger partial charge in [-0.05, 0) is 13.2 Å². The van der Waals surface area contributed by atoms with Gasteiger partial charge in [-0.25, -0.2) is 14.4 Å². The van der Waals surface area contributed by atoms with Crippen LogP contribution < -0.4 is 0 Å². The second-order valence-corrected chi connectivity index (χ2v) is 2.89. The molecule has 0 aliphatic rings. The lowest BCUT2D eigenvalue weighted by atomic mass is 10.2. The fourth-order valence-electron chi connectivity index (χ4n) is 0.637. The number of halogens is 1. The first-order chi connectivity index (χ1) is 5.24. The number of hydrogen-bond acceptors (Lipinski definition) is 3. The lowest BCUT2D eigenvalue weighted by Gasteiger charge is -2.00. The molecular formula is C7H9FN2S. The highest BCUT2D eigenvalue weighted by molar-refractivity contribution is 7.98. The summed E-state index contributed by atoms with van der Waals surface area (Å²) in [7, 11) is 0. The van der Waals surface area contributed by atoms with Gasteiger partial charge in [0.1, 0.15) is 6.17 Å². The van der Waals surface area contributed by atoms with Crippen LogP contribution in [0.3, 0.4) is 0 Å². The number of hydrogen-bond donors (Lipinski definition) is 0. The van der Waals surface area contributed by atoms with Gasteiger partial charge in [0.15, 0.2) is 5.16 Å². The summed E-state index contributed by atoms with van der Waals surface area (Å²) in [5.41, 5.74) is 0.530. The first kappa shape index (κ1) is 8.46. The maximum atomic E-state index is 12.6. The topological polar surface area (TPSA) is 25.8 Å². The molecule has 4 heteroatoms. The van der Waals surface area contributed by atoms with Gasteiger partial charge >= 0.3 is 0 Å². The van der Waals surface area contributed by atoms with Crippen LogP contribution in [-0.2, 0) is 0 Å². The molecule has 0 fully saturated rings. The SMILES string of the molecule is CSc1ncc([C@H](C)F)cn1. The molecule has 0 spiro atoms. The first-order valence-corrected chi connectivity index (χ1v) is 4.46. The van der Waals surface area contributed by atoms with Crippen LogP contribution in [0.15, 0.2) is 17.6 Å². The van der Waals surface area contributed by atoms with Gasteiger partial charge in [0.2, 0.25) is 0 Å². The van der Waals surface area contributed by atoms with Gasteiger partial charge in [-0.15, -0.1) is 0 Å². The fourth-order valence-corrected chi connectivity index (χ4v) is 0.953. The molecule has 0 aromatic carbocycles. The minimum atomic E-state index is -0.981. The van der Waals surface area contributed by atoms with Gasteiger partial charge in [0.05, 0.1) is 0 Å². The molecular weight excluding hydrogens is 163 g/mol.